The van der Waals surface area contributed by atoms with E-state index in [0.29, 0.717) is 6.04 Å². The molecule has 1 unspecified atom stereocenters. The molecular weight excluding hydrogens is 182 g/mol. The van der Waals surface area contributed by atoms with Crippen LogP contribution in [0.5, 0.6) is 0 Å². The molecule has 1 fully saturated rings. The summed E-state index contributed by atoms with van der Waals surface area (Å²) in [7, 11) is 0. The van der Waals surface area contributed by atoms with Gasteiger partial charge in [-0.15, -0.1) is 12.3 Å². The molecule has 1 aliphatic carbocycles. The van der Waals surface area contributed by atoms with Crippen molar-refractivity contribution in [1.29, 1.82) is 0 Å². The third-order valence-electron chi connectivity index (χ3n) is 3.57. The highest BCUT2D eigenvalue weighted by molar-refractivity contribution is 4.83. The Morgan fingerprint density at radius 2 is 1.93 bits per heavy atom. The lowest BCUT2D eigenvalue weighted by Gasteiger charge is -2.22. The zero-order chi connectivity index (χ0) is 10.9. The molecule has 0 aromatic rings. The van der Waals surface area contributed by atoms with Gasteiger partial charge in [-0.25, -0.2) is 0 Å². The first kappa shape index (κ1) is 12.6. The van der Waals surface area contributed by atoms with E-state index in [1.54, 1.807) is 0 Å². The van der Waals surface area contributed by atoms with Crippen LogP contribution in [0.25, 0.3) is 0 Å². The quantitative estimate of drug-likeness (QED) is 0.524. The lowest BCUT2D eigenvalue weighted by molar-refractivity contribution is 0.320. The van der Waals surface area contributed by atoms with Crippen LogP contribution in [0.1, 0.15) is 64.2 Å². The van der Waals surface area contributed by atoms with Crippen molar-refractivity contribution in [1.82, 2.24) is 0 Å². The Kier molecular flexibility index (Phi) is 6.52. The van der Waals surface area contributed by atoms with Gasteiger partial charge in [-0.05, 0) is 31.6 Å². The minimum atomic E-state index is 0.389. The van der Waals surface area contributed by atoms with E-state index < -0.39 is 0 Å². The summed E-state index contributed by atoms with van der Waals surface area (Å²) >= 11 is 0. The minimum absolute atomic E-state index is 0.389. The third-order valence-corrected chi connectivity index (χ3v) is 3.57. The summed E-state index contributed by atoms with van der Waals surface area (Å²) in [4.78, 5) is 0. The first-order valence-electron chi connectivity index (χ1n) is 6.52. The van der Waals surface area contributed by atoms with Crippen molar-refractivity contribution in [3.8, 4) is 12.3 Å². The molecule has 0 aromatic heterocycles. The number of rotatable bonds is 6. The third kappa shape index (κ3) is 5.85. The highest BCUT2D eigenvalue weighted by atomic mass is 14.6. The van der Waals surface area contributed by atoms with Crippen LogP contribution in [0.3, 0.4) is 0 Å². The Morgan fingerprint density at radius 1 is 1.20 bits per heavy atom. The van der Waals surface area contributed by atoms with Crippen LogP contribution >= 0.6 is 0 Å². The lowest BCUT2D eigenvalue weighted by Crippen LogP contribution is -2.21. The molecule has 0 radical (unpaired) electrons. The van der Waals surface area contributed by atoms with Crippen LogP contribution in [0.4, 0.5) is 0 Å². The molecule has 0 spiro atoms. The van der Waals surface area contributed by atoms with Crippen LogP contribution in [-0.4, -0.2) is 6.04 Å². The van der Waals surface area contributed by atoms with Crippen LogP contribution in [-0.2, 0) is 0 Å². The molecule has 2 N–H and O–H groups in total. The molecule has 1 nitrogen and oxygen atoms in total. The van der Waals surface area contributed by atoms with E-state index in [1.165, 1.54) is 44.9 Å². The van der Waals surface area contributed by atoms with Crippen molar-refractivity contribution in [2.45, 2.75) is 70.3 Å². The average molecular weight is 207 g/mol. The molecule has 0 aliphatic heterocycles. The van der Waals surface area contributed by atoms with E-state index in [0.717, 1.165) is 25.2 Å². The van der Waals surface area contributed by atoms with E-state index in [9.17, 15) is 0 Å². The number of terminal acetylenes is 1. The summed E-state index contributed by atoms with van der Waals surface area (Å²) in [6.45, 7) is 0. The summed E-state index contributed by atoms with van der Waals surface area (Å²) in [6, 6.07) is 0.389. The van der Waals surface area contributed by atoms with Crippen LogP contribution in [0, 0.1) is 18.3 Å². The van der Waals surface area contributed by atoms with Crippen molar-refractivity contribution in [3.05, 3.63) is 0 Å². The van der Waals surface area contributed by atoms with Crippen molar-refractivity contribution in [3.63, 3.8) is 0 Å². The second kappa shape index (κ2) is 7.77. The normalized spacial score (nSPS) is 19.7. The molecule has 0 amide bonds. The summed E-state index contributed by atoms with van der Waals surface area (Å²) < 4.78 is 0. The van der Waals surface area contributed by atoms with Gasteiger partial charge in [0.15, 0.2) is 0 Å². The van der Waals surface area contributed by atoms with Crippen LogP contribution in [0.2, 0.25) is 0 Å². The predicted molar refractivity (Wildman–Crippen MR) is 66.5 cm³/mol. The van der Waals surface area contributed by atoms with Crippen molar-refractivity contribution < 1.29 is 0 Å². The summed E-state index contributed by atoms with van der Waals surface area (Å²) in [5.41, 5.74) is 6.06. The summed E-state index contributed by atoms with van der Waals surface area (Å²) in [6.07, 6.45) is 18.1. The molecule has 1 heteroatoms. The Morgan fingerprint density at radius 3 is 2.60 bits per heavy atom. The van der Waals surface area contributed by atoms with Gasteiger partial charge in [0.1, 0.15) is 0 Å². The lowest BCUT2D eigenvalue weighted by atomic mass is 9.85. The highest BCUT2D eigenvalue weighted by Gasteiger charge is 2.14. The molecule has 86 valence electrons. The fourth-order valence-corrected chi connectivity index (χ4v) is 2.54. The monoisotopic (exact) mass is 207 g/mol. The Balaban J connectivity index is 2.00. The number of unbranched alkanes of at least 4 members (excludes halogenated alkanes) is 1. The Bertz CT molecular complexity index is 186. The Labute approximate surface area is 94.8 Å². The predicted octanol–water partition coefficient (Wildman–Crippen LogP) is 3.48. The minimum Gasteiger partial charge on any atom is -0.328 e. The Hall–Kier alpha value is -0.480. The number of hydrogen-bond donors (Lipinski definition) is 1. The first-order chi connectivity index (χ1) is 7.33. The van der Waals surface area contributed by atoms with Crippen molar-refractivity contribution >= 4 is 0 Å². The fourth-order valence-electron chi connectivity index (χ4n) is 2.54. The van der Waals surface area contributed by atoms with Gasteiger partial charge in [0.05, 0.1) is 0 Å². The fraction of sp³-hybridized carbons (Fsp3) is 0.857. The smallest absolute Gasteiger partial charge is 0.00866 e. The standard InChI is InChI=1S/C14H25N/c1-2-3-5-10-14(15)12-11-13-8-6-4-7-9-13/h1,13-14H,3-12,15H2. The SMILES string of the molecule is C#CCCCC(N)CCC1CCCCC1. The zero-order valence-electron chi connectivity index (χ0n) is 9.88. The van der Waals surface area contributed by atoms with Gasteiger partial charge in [-0.1, -0.05) is 32.1 Å². The zero-order valence-corrected chi connectivity index (χ0v) is 9.88. The summed E-state index contributed by atoms with van der Waals surface area (Å²) in [5, 5.41) is 0. The summed E-state index contributed by atoms with van der Waals surface area (Å²) in [5.74, 6) is 3.64. The maximum absolute atomic E-state index is 6.06. The molecule has 0 heterocycles. The second-order valence-corrected chi connectivity index (χ2v) is 4.94. The van der Waals surface area contributed by atoms with Crippen molar-refractivity contribution in [2.75, 3.05) is 0 Å². The van der Waals surface area contributed by atoms with E-state index in [-0.39, 0.29) is 0 Å². The average Bonchev–Trinajstić information content (AvgIpc) is 2.28. The molecule has 0 bridgehead atoms. The van der Waals surface area contributed by atoms with Gasteiger partial charge in [-0.2, -0.15) is 0 Å². The second-order valence-electron chi connectivity index (χ2n) is 4.94. The van der Waals surface area contributed by atoms with Crippen LogP contribution < -0.4 is 5.73 Å². The maximum Gasteiger partial charge on any atom is 0.00866 e. The van der Waals surface area contributed by atoms with Crippen molar-refractivity contribution in [2.24, 2.45) is 11.7 Å². The molecule has 0 saturated heterocycles. The van der Waals surface area contributed by atoms with Gasteiger partial charge in [0.2, 0.25) is 0 Å². The largest absolute Gasteiger partial charge is 0.328 e. The van der Waals surface area contributed by atoms with E-state index in [1.807, 2.05) is 0 Å². The van der Waals surface area contributed by atoms with Gasteiger partial charge < -0.3 is 5.73 Å². The molecule has 1 rings (SSSR count). The molecular formula is C14H25N. The van der Waals surface area contributed by atoms with Crippen LogP contribution in [0.15, 0.2) is 0 Å². The van der Waals surface area contributed by atoms with E-state index >= 15 is 0 Å². The molecule has 1 saturated carbocycles. The topological polar surface area (TPSA) is 26.0 Å². The number of nitrogens with two attached hydrogens (primary N) is 1. The maximum atomic E-state index is 6.06. The number of hydrogen-bond acceptors (Lipinski definition) is 1. The van der Waals surface area contributed by atoms with Gasteiger partial charge in [0, 0.05) is 12.5 Å². The van der Waals surface area contributed by atoms with E-state index in [2.05, 4.69) is 5.92 Å². The van der Waals surface area contributed by atoms with Gasteiger partial charge in [0.25, 0.3) is 0 Å². The molecule has 1 aliphatic rings. The van der Waals surface area contributed by atoms with Gasteiger partial charge >= 0.3 is 0 Å². The molecule has 0 aromatic carbocycles. The molecule has 15 heavy (non-hydrogen) atoms. The first-order valence-corrected chi connectivity index (χ1v) is 6.52. The van der Waals surface area contributed by atoms with E-state index in [4.69, 9.17) is 12.2 Å². The highest BCUT2D eigenvalue weighted by Crippen LogP contribution is 2.27. The molecule has 1 atom stereocenters. The van der Waals surface area contributed by atoms with Gasteiger partial charge in [-0.3, -0.25) is 0 Å².